The van der Waals surface area contributed by atoms with Gasteiger partial charge in [-0.25, -0.2) is 4.79 Å². The fourth-order valence-electron chi connectivity index (χ4n) is 2.96. The second kappa shape index (κ2) is 10.2. The molecule has 2 aromatic carbocycles. The Morgan fingerprint density at radius 2 is 1.91 bits per heavy atom. The van der Waals surface area contributed by atoms with Crippen LogP contribution in [0, 0.1) is 10.1 Å². The van der Waals surface area contributed by atoms with Crippen LogP contribution in [0.1, 0.15) is 5.76 Å². The normalized spacial score (nSPS) is 11.5. The zero-order valence-corrected chi connectivity index (χ0v) is 19.9. The molecule has 4 aromatic rings. The van der Waals surface area contributed by atoms with Crippen LogP contribution in [-0.2, 0) is 4.79 Å². The molecule has 10 nitrogen and oxygen atoms in total. The molecular weight excluding hydrogens is 521 g/mol. The van der Waals surface area contributed by atoms with Crippen molar-refractivity contribution in [1.82, 2.24) is 10.2 Å². The predicted octanol–water partition coefficient (Wildman–Crippen LogP) is 6.44. The summed E-state index contributed by atoms with van der Waals surface area (Å²) in [6.45, 7) is 0. The Bertz CT molecular complexity index is 1470. The lowest BCUT2D eigenvalue weighted by atomic mass is 10.1. The van der Waals surface area contributed by atoms with E-state index in [9.17, 15) is 20.0 Å². The van der Waals surface area contributed by atoms with Gasteiger partial charge in [-0.1, -0.05) is 23.2 Å². The summed E-state index contributed by atoms with van der Waals surface area (Å²) in [5, 5.41) is 29.2. The second-order valence-electron chi connectivity index (χ2n) is 6.76. The van der Waals surface area contributed by atoms with Gasteiger partial charge in [-0.3, -0.25) is 10.1 Å². The SMILES string of the molecule is COc1ccc(Cl)cc1-c1nnc(S/C(=C\c2ccc(-c3cc([N+](=O)[O-])ccc3Cl)o2)C(=O)O)o1. The molecule has 0 atom stereocenters. The third kappa shape index (κ3) is 5.48. The number of non-ortho nitro benzene ring substituents is 1. The van der Waals surface area contributed by atoms with Crippen LogP contribution in [0.3, 0.4) is 0 Å². The fourth-order valence-corrected chi connectivity index (χ4v) is 3.99. The standard InChI is InChI=1S/C22H13Cl2N3O7S/c1-32-17-6-2-11(23)8-15(17)20-25-26-22(34-20)35-19(21(28)29)10-13-4-7-18(33-13)14-9-12(27(30)31)3-5-16(14)24/h2-10H,1H3,(H,28,29)/b19-10-. The van der Waals surface area contributed by atoms with Gasteiger partial charge >= 0.3 is 5.97 Å². The molecule has 0 radical (unpaired) electrons. The number of hydrogen-bond donors (Lipinski definition) is 1. The largest absolute Gasteiger partial charge is 0.496 e. The number of methoxy groups -OCH3 is 1. The van der Waals surface area contributed by atoms with Crippen LogP contribution in [0.4, 0.5) is 5.69 Å². The number of aliphatic carboxylic acids is 1. The molecular formula is C22H13Cl2N3O7S. The summed E-state index contributed by atoms with van der Waals surface area (Å²) in [5.74, 6) is -0.318. The van der Waals surface area contributed by atoms with E-state index in [0.29, 0.717) is 33.7 Å². The molecule has 0 spiro atoms. The first-order valence-corrected chi connectivity index (χ1v) is 11.2. The second-order valence-corrected chi connectivity index (χ2v) is 8.59. The Morgan fingerprint density at radius 3 is 2.63 bits per heavy atom. The zero-order chi connectivity index (χ0) is 25.1. The summed E-state index contributed by atoms with van der Waals surface area (Å²) in [5.41, 5.74) is 0.579. The highest BCUT2D eigenvalue weighted by molar-refractivity contribution is 8.03. The maximum Gasteiger partial charge on any atom is 0.342 e. The molecule has 2 aromatic heterocycles. The van der Waals surface area contributed by atoms with Crippen molar-refractivity contribution >= 4 is 52.7 Å². The number of benzene rings is 2. The van der Waals surface area contributed by atoms with Crippen molar-refractivity contribution in [3.63, 3.8) is 0 Å². The lowest BCUT2D eigenvalue weighted by Crippen LogP contribution is -1.96. The number of nitro benzene ring substituents is 1. The summed E-state index contributed by atoms with van der Waals surface area (Å²) in [7, 11) is 1.47. The molecule has 0 amide bonds. The van der Waals surface area contributed by atoms with Crippen molar-refractivity contribution in [1.29, 1.82) is 0 Å². The van der Waals surface area contributed by atoms with Crippen LogP contribution in [0.5, 0.6) is 5.75 Å². The number of ether oxygens (including phenoxy) is 1. The molecule has 0 saturated heterocycles. The van der Waals surface area contributed by atoms with Gasteiger partial charge in [-0.05, 0) is 48.2 Å². The van der Waals surface area contributed by atoms with Crippen LogP contribution >= 0.6 is 35.0 Å². The van der Waals surface area contributed by atoms with Crippen molar-refractivity contribution in [2.75, 3.05) is 7.11 Å². The molecule has 0 unspecified atom stereocenters. The Balaban J connectivity index is 1.61. The number of carboxylic acid groups (broad SMARTS) is 1. The van der Waals surface area contributed by atoms with Gasteiger partial charge in [-0.2, -0.15) is 0 Å². The fraction of sp³-hybridized carbons (Fsp3) is 0.0455. The zero-order valence-electron chi connectivity index (χ0n) is 17.6. The first-order valence-electron chi connectivity index (χ1n) is 9.59. The Kier molecular flexibility index (Phi) is 7.10. The molecule has 0 fully saturated rings. The Hall–Kier alpha value is -3.80. The van der Waals surface area contributed by atoms with Gasteiger partial charge in [-0.15, -0.1) is 10.2 Å². The van der Waals surface area contributed by atoms with Crippen LogP contribution < -0.4 is 4.74 Å². The smallest absolute Gasteiger partial charge is 0.342 e. The van der Waals surface area contributed by atoms with Crippen LogP contribution in [0.2, 0.25) is 10.0 Å². The third-order valence-corrected chi connectivity index (χ3v) is 5.95. The third-order valence-electron chi connectivity index (χ3n) is 4.53. The predicted molar refractivity (Wildman–Crippen MR) is 129 cm³/mol. The van der Waals surface area contributed by atoms with E-state index in [4.69, 9.17) is 36.8 Å². The molecule has 178 valence electrons. The summed E-state index contributed by atoms with van der Waals surface area (Å²) >= 11 is 12.9. The highest BCUT2D eigenvalue weighted by Crippen LogP contribution is 2.36. The number of furan rings is 1. The highest BCUT2D eigenvalue weighted by Gasteiger charge is 2.20. The van der Waals surface area contributed by atoms with E-state index in [0.717, 1.165) is 0 Å². The van der Waals surface area contributed by atoms with Gasteiger partial charge in [0, 0.05) is 28.8 Å². The first kappa shape index (κ1) is 24.3. The Morgan fingerprint density at radius 1 is 1.11 bits per heavy atom. The number of carbonyl (C=O) groups is 1. The van der Waals surface area contributed by atoms with Gasteiger partial charge in [0.2, 0.25) is 0 Å². The Labute approximate surface area is 211 Å². The number of nitrogens with zero attached hydrogens (tertiary/aromatic N) is 3. The van der Waals surface area contributed by atoms with E-state index in [2.05, 4.69) is 10.2 Å². The van der Waals surface area contributed by atoms with E-state index in [1.54, 1.807) is 18.2 Å². The average molecular weight is 534 g/mol. The number of aromatic nitrogens is 2. The molecule has 1 N–H and O–H groups in total. The van der Waals surface area contributed by atoms with Gasteiger partial charge in [0.1, 0.15) is 22.2 Å². The average Bonchev–Trinajstić information content (AvgIpc) is 3.48. The van der Waals surface area contributed by atoms with E-state index >= 15 is 0 Å². The van der Waals surface area contributed by atoms with Crippen LogP contribution in [0.15, 0.2) is 67.5 Å². The number of carboxylic acids is 1. The van der Waals surface area contributed by atoms with Crippen molar-refractivity contribution in [3.05, 3.63) is 79.4 Å². The lowest BCUT2D eigenvalue weighted by Gasteiger charge is -2.04. The van der Waals surface area contributed by atoms with Gasteiger partial charge in [0.25, 0.3) is 16.8 Å². The number of hydrogen-bond acceptors (Lipinski definition) is 9. The number of halogens is 2. The van der Waals surface area contributed by atoms with Crippen molar-refractivity contribution in [2.24, 2.45) is 0 Å². The molecule has 4 rings (SSSR count). The highest BCUT2D eigenvalue weighted by atomic mass is 35.5. The summed E-state index contributed by atoms with van der Waals surface area (Å²) in [4.78, 5) is 22.2. The lowest BCUT2D eigenvalue weighted by molar-refractivity contribution is -0.384. The minimum atomic E-state index is -1.26. The van der Waals surface area contributed by atoms with Crippen LogP contribution in [0.25, 0.3) is 28.9 Å². The first-order chi connectivity index (χ1) is 16.7. The summed E-state index contributed by atoms with van der Waals surface area (Å²) in [6.07, 6.45) is 1.26. The maximum atomic E-state index is 11.8. The number of thioether (sulfide) groups is 1. The molecule has 0 saturated carbocycles. The molecule has 35 heavy (non-hydrogen) atoms. The number of rotatable bonds is 8. The molecule has 2 heterocycles. The quantitative estimate of drug-likeness (QED) is 0.116. The number of nitro groups is 1. The molecule has 0 aliphatic rings. The van der Waals surface area contributed by atoms with Gasteiger partial charge in [0.15, 0.2) is 0 Å². The van der Waals surface area contributed by atoms with E-state index in [-0.39, 0.29) is 38.2 Å². The van der Waals surface area contributed by atoms with Gasteiger partial charge in [0.05, 0.1) is 22.6 Å². The van der Waals surface area contributed by atoms with E-state index in [1.807, 2.05) is 0 Å². The van der Waals surface area contributed by atoms with Crippen molar-refractivity contribution in [2.45, 2.75) is 5.22 Å². The van der Waals surface area contributed by atoms with E-state index < -0.39 is 10.9 Å². The minimum Gasteiger partial charge on any atom is -0.496 e. The molecule has 0 bridgehead atoms. The minimum absolute atomic E-state index is 0.0378. The van der Waals surface area contributed by atoms with Crippen molar-refractivity contribution < 1.29 is 28.4 Å². The molecule has 13 heteroatoms. The summed E-state index contributed by atoms with van der Waals surface area (Å²) in [6, 6.07) is 11.8. The molecule has 0 aliphatic carbocycles. The van der Waals surface area contributed by atoms with E-state index in [1.165, 1.54) is 43.5 Å². The van der Waals surface area contributed by atoms with Gasteiger partial charge < -0.3 is 18.7 Å². The monoisotopic (exact) mass is 533 g/mol. The summed E-state index contributed by atoms with van der Waals surface area (Å²) < 4.78 is 16.5. The van der Waals surface area contributed by atoms with Crippen LogP contribution in [-0.4, -0.2) is 33.3 Å². The molecule has 0 aliphatic heterocycles. The topological polar surface area (TPSA) is 142 Å². The van der Waals surface area contributed by atoms with Crippen molar-refractivity contribution in [3.8, 4) is 28.5 Å². The maximum absolute atomic E-state index is 11.8.